The van der Waals surface area contributed by atoms with Crippen LogP contribution in [0.2, 0.25) is 0 Å². The Morgan fingerprint density at radius 2 is 2.20 bits per heavy atom. The molecule has 0 amide bonds. The number of nitrogens with one attached hydrogen (secondary N) is 1. The summed E-state index contributed by atoms with van der Waals surface area (Å²) in [5.41, 5.74) is 0.643. The van der Waals surface area contributed by atoms with Gasteiger partial charge in [-0.2, -0.15) is 0 Å². The van der Waals surface area contributed by atoms with Gasteiger partial charge in [0.15, 0.2) is 5.75 Å². The zero-order valence-electron chi connectivity index (χ0n) is 15.0. The molecule has 0 aromatic carbocycles. The number of anilines is 1. The second-order valence-corrected chi connectivity index (χ2v) is 7.16. The SMILES string of the molecule is C=CC(=O)Oc1cnc(N[C@@H]2CCN(CC3CCCCC3)C2)nc1C. The standard InChI is InChI=1S/C19H28N4O2/c1-3-18(24)25-17-11-20-19(21-14(17)2)22-16-9-10-23(13-16)12-15-7-5-4-6-8-15/h3,11,15-16H,1,4-10,12-13H2,2H3,(H,20,21,22)/t16-/m1/s1. The maximum Gasteiger partial charge on any atom is 0.335 e. The number of nitrogens with zero attached hydrogens (tertiary/aromatic N) is 3. The smallest absolute Gasteiger partial charge is 0.335 e. The molecule has 1 aliphatic carbocycles. The molecule has 25 heavy (non-hydrogen) atoms. The highest BCUT2D eigenvalue weighted by atomic mass is 16.5. The van der Waals surface area contributed by atoms with Gasteiger partial charge in [-0.3, -0.25) is 0 Å². The Morgan fingerprint density at radius 1 is 1.40 bits per heavy atom. The van der Waals surface area contributed by atoms with E-state index in [1.807, 2.05) is 6.92 Å². The van der Waals surface area contributed by atoms with Crippen molar-refractivity contribution in [2.75, 3.05) is 25.0 Å². The number of carbonyl (C=O) groups is 1. The number of hydrogen-bond acceptors (Lipinski definition) is 6. The van der Waals surface area contributed by atoms with Crippen molar-refractivity contribution in [3.8, 4) is 5.75 Å². The van der Waals surface area contributed by atoms with Crippen LogP contribution in [0.3, 0.4) is 0 Å². The Labute approximate surface area is 149 Å². The molecule has 3 rings (SSSR count). The molecule has 6 nitrogen and oxygen atoms in total. The number of rotatable bonds is 6. The predicted molar refractivity (Wildman–Crippen MR) is 97.6 cm³/mol. The first kappa shape index (κ1) is 17.9. The van der Waals surface area contributed by atoms with Gasteiger partial charge in [-0.1, -0.05) is 25.8 Å². The minimum Gasteiger partial charge on any atom is -0.420 e. The van der Waals surface area contributed by atoms with E-state index in [1.54, 1.807) is 6.20 Å². The van der Waals surface area contributed by atoms with Gasteiger partial charge >= 0.3 is 5.97 Å². The van der Waals surface area contributed by atoms with Crippen LogP contribution in [0.25, 0.3) is 0 Å². The summed E-state index contributed by atoms with van der Waals surface area (Å²) in [6.45, 7) is 8.62. The van der Waals surface area contributed by atoms with Crippen LogP contribution in [-0.2, 0) is 4.79 Å². The molecule has 0 bridgehead atoms. The molecule has 0 radical (unpaired) electrons. The fourth-order valence-corrected chi connectivity index (χ4v) is 3.81. The fourth-order valence-electron chi connectivity index (χ4n) is 3.81. The number of hydrogen-bond donors (Lipinski definition) is 1. The van der Waals surface area contributed by atoms with Gasteiger partial charge in [-0.05, 0) is 32.1 Å². The van der Waals surface area contributed by atoms with E-state index < -0.39 is 5.97 Å². The molecule has 2 heterocycles. The van der Waals surface area contributed by atoms with Crippen LogP contribution in [0.15, 0.2) is 18.9 Å². The Morgan fingerprint density at radius 3 is 2.92 bits per heavy atom. The molecular formula is C19H28N4O2. The summed E-state index contributed by atoms with van der Waals surface area (Å²) in [5.74, 6) is 1.35. The van der Waals surface area contributed by atoms with Gasteiger partial charge in [0.1, 0.15) is 0 Å². The lowest BCUT2D eigenvalue weighted by Gasteiger charge is -2.26. The molecular weight excluding hydrogens is 316 g/mol. The van der Waals surface area contributed by atoms with Crippen molar-refractivity contribution in [1.82, 2.24) is 14.9 Å². The average Bonchev–Trinajstić information content (AvgIpc) is 3.05. The highest BCUT2D eigenvalue weighted by Crippen LogP contribution is 2.26. The summed E-state index contributed by atoms with van der Waals surface area (Å²) in [7, 11) is 0. The van der Waals surface area contributed by atoms with E-state index in [9.17, 15) is 4.79 Å². The van der Waals surface area contributed by atoms with Crippen LogP contribution >= 0.6 is 0 Å². The molecule has 1 atom stereocenters. The lowest BCUT2D eigenvalue weighted by atomic mass is 9.89. The third kappa shape index (κ3) is 5.01. The van der Waals surface area contributed by atoms with Crippen molar-refractivity contribution in [3.63, 3.8) is 0 Å². The Bertz CT molecular complexity index is 613. The van der Waals surface area contributed by atoms with Gasteiger partial charge in [-0.15, -0.1) is 0 Å². The first-order valence-corrected chi connectivity index (χ1v) is 9.31. The van der Waals surface area contributed by atoms with Crippen molar-refractivity contribution in [3.05, 3.63) is 24.5 Å². The lowest BCUT2D eigenvalue weighted by Crippen LogP contribution is -2.31. The summed E-state index contributed by atoms with van der Waals surface area (Å²) in [6, 6.07) is 0.379. The van der Waals surface area contributed by atoms with Gasteiger partial charge in [0, 0.05) is 31.8 Å². The second-order valence-electron chi connectivity index (χ2n) is 7.16. The van der Waals surface area contributed by atoms with Crippen molar-refractivity contribution in [1.29, 1.82) is 0 Å². The zero-order valence-corrected chi connectivity index (χ0v) is 15.0. The molecule has 1 saturated heterocycles. The minimum absolute atomic E-state index is 0.376. The first-order valence-electron chi connectivity index (χ1n) is 9.31. The molecule has 0 unspecified atom stereocenters. The second kappa shape index (κ2) is 8.43. The molecule has 1 N–H and O–H groups in total. The first-order chi connectivity index (χ1) is 12.1. The van der Waals surface area contributed by atoms with Crippen LogP contribution in [0, 0.1) is 12.8 Å². The lowest BCUT2D eigenvalue weighted by molar-refractivity contribution is -0.129. The Balaban J connectivity index is 1.50. The van der Waals surface area contributed by atoms with E-state index in [4.69, 9.17) is 4.74 Å². The number of likely N-dealkylation sites (tertiary alicyclic amines) is 1. The van der Waals surface area contributed by atoms with Gasteiger partial charge in [0.25, 0.3) is 0 Å². The predicted octanol–water partition coefficient (Wildman–Crippen LogP) is 2.94. The maximum absolute atomic E-state index is 11.3. The van der Waals surface area contributed by atoms with E-state index in [-0.39, 0.29) is 0 Å². The molecule has 136 valence electrons. The van der Waals surface area contributed by atoms with E-state index in [1.165, 1.54) is 38.6 Å². The Kier molecular flexibility index (Phi) is 6.02. The van der Waals surface area contributed by atoms with Crippen molar-refractivity contribution >= 4 is 11.9 Å². The normalized spacial score (nSPS) is 21.9. The van der Waals surface area contributed by atoms with E-state index >= 15 is 0 Å². The van der Waals surface area contributed by atoms with Gasteiger partial charge in [0.2, 0.25) is 5.95 Å². The van der Waals surface area contributed by atoms with E-state index in [2.05, 4.69) is 26.8 Å². The van der Waals surface area contributed by atoms with Crippen molar-refractivity contribution in [2.24, 2.45) is 5.92 Å². The highest BCUT2D eigenvalue weighted by Gasteiger charge is 2.26. The average molecular weight is 344 g/mol. The number of esters is 1. The highest BCUT2D eigenvalue weighted by molar-refractivity contribution is 5.83. The summed E-state index contributed by atoms with van der Waals surface area (Å²) >= 11 is 0. The third-order valence-electron chi connectivity index (χ3n) is 5.16. The van der Waals surface area contributed by atoms with Crippen LogP contribution in [0.4, 0.5) is 5.95 Å². The number of aryl methyl sites for hydroxylation is 1. The summed E-state index contributed by atoms with van der Waals surface area (Å²) in [4.78, 5) is 22.5. The molecule has 0 spiro atoms. The van der Waals surface area contributed by atoms with Crippen LogP contribution < -0.4 is 10.1 Å². The number of carbonyl (C=O) groups excluding carboxylic acids is 1. The van der Waals surface area contributed by atoms with Crippen LogP contribution in [0.5, 0.6) is 5.75 Å². The molecule has 1 saturated carbocycles. The van der Waals surface area contributed by atoms with Crippen molar-refractivity contribution < 1.29 is 9.53 Å². The minimum atomic E-state index is -0.499. The topological polar surface area (TPSA) is 67.3 Å². The van der Waals surface area contributed by atoms with Crippen molar-refractivity contribution in [2.45, 2.75) is 51.5 Å². The van der Waals surface area contributed by atoms with Crippen LogP contribution in [-0.4, -0.2) is 46.5 Å². The van der Waals surface area contributed by atoms with Crippen LogP contribution in [0.1, 0.15) is 44.2 Å². The largest absolute Gasteiger partial charge is 0.420 e. The summed E-state index contributed by atoms with van der Waals surface area (Å²) in [6.07, 6.45) is 10.8. The number of ether oxygens (including phenoxy) is 1. The Hall–Kier alpha value is -1.95. The molecule has 1 aromatic heterocycles. The monoisotopic (exact) mass is 344 g/mol. The van der Waals surface area contributed by atoms with Gasteiger partial charge < -0.3 is 15.0 Å². The summed E-state index contributed by atoms with van der Waals surface area (Å²) < 4.78 is 5.10. The molecule has 2 aliphatic rings. The van der Waals surface area contributed by atoms with E-state index in [0.29, 0.717) is 23.4 Å². The fraction of sp³-hybridized carbons (Fsp3) is 0.632. The maximum atomic E-state index is 11.3. The molecule has 1 aliphatic heterocycles. The third-order valence-corrected chi connectivity index (χ3v) is 5.16. The zero-order chi connectivity index (χ0) is 17.6. The molecule has 6 heteroatoms. The van der Waals surface area contributed by atoms with Gasteiger partial charge in [-0.25, -0.2) is 14.8 Å². The molecule has 1 aromatic rings. The van der Waals surface area contributed by atoms with Gasteiger partial charge in [0.05, 0.1) is 11.9 Å². The van der Waals surface area contributed by atoms with E-state index in [0.717, 1.165) is 31.5 Å². The molecule has 2 fully saturated rings. The summed E-state index contributed by atoms with van der Waals surface area (Å²) in [5, 5.41) is 3.42. The quantitative estimate of drug-likeness (QED) is 0.632. The number of aromatic nitrogens is 2.